The van der Waals surface area contributed by atoms with E-state index in [0.717, 1.165) is 6.07 Å². The zero-order valence-corrected chi connectivity index (χ0v) is 16.4. The zero-order valence-electron chi connectivity index (χ0n) is 16.4. The summed E-state index contributed by atoms with van der Waals surface area (Å²) < 4.78 is 44.0. The van der Waals surface area contributed by atoms with Crippen LogP contribution >= 0.6 is 0 Å². The Morgan fingerprint density at radius 1 is 1.29 bits per heavy atom. The maximum Gasteiger partial charge on any atom is 0.416 e. The lowest BCUT2D eigenvalue weighted by atomic mass is 9.85. The van der Waals surface area contributed by atoms with E-state index < -0.39 is 17.8 Å². The van der Waals surface area contributed by atoms with E-state index >= 15 is 0 Å². The molecule has 0 radical (unpaired) electrons. The molecule has 0 aromatic heterocycles. The average molecular weight is 400 g/mol. The molecule has 1 fully saturated rings. The van der Waals surface area contributed by atoms with Crippen molar-refractivity contribution in [3.05, 3.63) is 34.9 Å². The molecule has 1 heterocycles. The molecule has 1 aromatic rings. The number of amides is 2. The average Bonchev–Trinajstić information content (AvgIpc) is 2.67. The molecule has 0 bridgehead atoms. The van der Waals surface area contributed by atoms with Crippen LogP contribution in [0.3, 0.4) is 0 Å². The Morgan fingerprint density at radius 2 is 1.93 bits per heavy atom. The van der Waals surface area contributed by atoms with Crippen molar-refractivity contribution in [2.45, 2.75) is 45.2 Å². The number of carbonyl (C=O) groups is 2. The van der Waals surface area contributed by atoms with Gasteiger partial charge in [-0.3, -0.25) is 4.79 Å². The highest BCUT2D eigenvalue weighted by atomic mass is 19.4. The standard InChI is InChI=1S/C20H27F3N2O3/c1-4-14(12-24-19(27)28-3)18(26)25-10-8-15(9-11-25)16-6-5-7-17(13(16)2)20(21,22)23/h5-7,14-15H,4,8-12H2,1-3H3,(H,24,27). The van der Waals surface area contributed by atoms with Gasteiger partial charge in [-0.15, -0.1) is 0 Å². The Labute approximate surface area is 163 Å². The van der Waals surface area contributed by atoms with Gasteiger partial charge in [-0.1, -0.05) is 19.1 Å². The van der Waals surface area contributed by atoms with Crippen LogP contribution in [0, 0.1) is 12.8 Å². The minimum atomic E-state index is -4.36. The molecule has 1 aromatic carbocycles. The summed E-state index contributed by atoms with van der Waals surface area (Å²) in [5.41, 5.74) is 0.387. The van der Waals surface area contributed by atoms with Gasteiger partial charge in [0.2, 0.25) is 5.91 Å². The van der Waals surface area contributed by atoms with Gasteiger partial charge >= 0.3 is 12.3 Å². The summed E-state index contributed by atoms with van der Waals surface area (Å²) in [7, 11) is 1.26. The van der Waals surface area contributed by atoms with Crippen LogP contribution < -0.4 is 5.32 Å². The lowest BCUT2D eigenvalue weighted by molar-refractivity contribution is -0.138. The number of likely N-dealkylation sites (tertiary alicyclic amines) is 1. The van der Waals surface area contributed by atoms with Gasteiger partial charge in [-0.05, 0) is 49.3 Å². The van der Waals surface area contributed by atoms with Crippen molar-refractivity contribution in [1.82, 2.24) is 10.2 Å². The number of carbonyl (C=O) groups excluding carboxylic acids is 2. The number of halogens is 3. The number of rotatable bonds is 5. The fourth-order valence-electron chi connectivity index (χ4n) is 3.76. The second-order valence-electron chi connectivity index (χ2n) is 7.09. The van der Waals surface area contributed by atoms with E-state index in [-0.39, 0.29) is 29.9 Å². The van der Waals surface area contributed by atoms with Crippen LogP contribution in [0.1, 0.15) is 48.8 Å². The molecule has 2 rings (SSSR count). The van der Waals surface area contributed by atoms with E-state index in [1.807, 2.05) is 6.92 Å². The topological polar surface area (TPSA) is 58.6 Å². The van der Waals surface area contributed by atoms with Crippen molar-refractivity contribution in [2.24, 2.45) is 5.92 Å². The fraction of sp³-hybridized carbons (Fsp3) is 0.600. The van der Waals surface area contributed by atoms with Crippen molar-refractivity contribution < 1.29 is 27.5 Å². The van der Waals surface area contributed by atoms with E-state index in [1.165, 1.54) is 20.1 Å². The van der Waals surface area contributed by atoms with Crippen LogP contribution in [0.2, 0.25) is 0 Å². The normalized spacial score (nSPS) is 16.6. The first-order valence-electron chi connectivity index (χ1n) is 9.46. The van der Waals surface area contributed by atoms with E-state index in [2.05, 4.69) is 10.1 Å². The number of benzene rings is 1. The van der Waals surface area contributed by atoms with Crippen LogP contribution in [-0.4, -0.2) is 43.6 Å². The molecule has 1 aliphatic rings. The van der Waals surface area contributed by atoms with E-state index in [1.54, 1.807) is 11.0 Å². The van der Waals surface area contributed by atoms with E-state index in [9.17, 15) is 22.8 Å². The maximum atomic E-state index is 13.2. The van der Waals surface area contributed by atoms with Gasteiger partial charge in [0.05, 0.1) is 18.6 Å². The number of nitrogens with one attached hydrogen (secondary N) is 1. The van der Waals surface area contributed by atoms with Crippen molar-refractivity contribution in [3.63, 3.8) is 0 Å². The van der Waals surface area contributed by atoms with Crippen LogP contribution in [-0.2, 0) is 15.7 Å². The van der Waals surface area contributed by atoms with Gasteiger partial charge in [-0.2, -0.15) is 13.2 Å². The predicted molar refractivity (Wildman–Crippen MR) is 98.9 cm³/mol. The molecule has 0 aliphatic carbocycles. The van der Waals surface area contributed by atoms with Gasteiger partial charge in [0.15, 0.2) is 0 Å². The summed E-state index contributed by atoms with van der Waals surface area (Å²) >= 11 is 0. The highest BCUT2D eigenvalue weighted by molar-refractivity contribution is 5.80. The summed E-state index contributed by atoms with van der Waals surface area (Å²) in [5.74, 6) is -0.385. The molecule has 0 spiro atoms. The number of nitrogens with zero attached hydrogens (tertiary/aromatic N) is 1. The van der Waals surface area contributed by atoms with Crippen molar-refractivity contribution in [2.75, 3.05) is 26.7 Å². The van der Waals surface area contributed by atoms with Crippen LogP contribution in [0.5, 0.6) is 0 Å². The molecule has 28 heavy (non-hydrogen) atoms. The van der Waals surface area contributed by atoms with Crippen molar-refractivity contribution >= 4 is 12.0 Å². The molecular weight excluding hydrogens is 373 g/mol. The number of ether oxygens (including phenoxy) is 1. The first kappa shape index (κ1) is 22.0. The number of piperidine rings is 1. The molecule has 8 heteroatoms. The van der Waals surface area contributed by atoms with Crippen LogP contribution in [0.25, 0.3) is 0 Å². The molecule has 1 saturated heterocycles. The highest BCUT2D eigenvalue weighted by Gasteiger charge is 2.35. The largest absolute Gasteiger partial charge is 0.453 e. The quantitative estimate of drug-likeness (QED) is 0.810. The van der Waals surface area contributed by atoms with E-state index in [0.29, 0.717) is 37.9 Å². The Bertz CT molecular complexity index is 698. The second kappa shape index (κ2) is 9.30. The molecular formula is C20H27F3N2O3. The molecule has 1 atom stereocenters. The SMILES string of the molecule is CCC(CNC(=O)OC)C(=O)N1CCC(c2cccc(C(F)(F)F)c2C)CC1. The molecule has 156 valence electrons. The number of alkyl carbamates (subject to hydrolysis) is 1. The monoisotopic (exact) mass is 400 g/mol. The molecule has 1 aliphatic heterocycles. The zero-order chi connectivity index (χ0) is 20.9. The number of hydrogen-bond donors (Lipinski definition) is 1. The van der Waals surface area contributed by atoms with Gasteiger partial charge in [-0.25, -0.2) is 4.79 Å². The predicted octanol–water partition coefficient (Wildman–Crippen LogP) is 4.10. The van der Waals surface area contributed by atoms with Gasteiger partial charge < -0.3 is 15.0 Å². The Hall–Kier alpha value is -2.25. The summed E-state index contributed by atoms with van der Waals surface area (Å²) in [6, 6.07) is 4.31. The van der Waals surface area contributed by atoms with Gasteiger partial charge in [0.1, 0.15) is 0 Å². The third-order valence-corrected chi connectivity index (χ3v) is 5.45. The lowest BCUT2D eigenvalue weighted by Gasteiger charge is -2.35. The van der Waals surface area contributed by atoms with E-state index in [4.69, 9.17) is 0 Å². The Kier molecular flexibility index (Phi) is 7.32. The molecule has 1 N–H and O–H groups in total. The second-order valence-corrected chi connectivity index (χ2v) is 7.09. The fourth-order valence-corrected chi connectivity index (χ4v) is 3.76. The molecule has 2 amide bonds. The maximum absolute atomic E-state index is 13.2. The molecule has 1 unspecified atom stereocenters. The first-order chi connectivity index (χ1) is 13.2. The summed E-state index contributed by atoms with van der Waals surface area (Å²) in [5, 5.41) is 2.55. The third-order valence-electron chi connectivity index (χ3n) is 5.45. The smallest absolute Gasteiger partial charge is 0.416 e. The summed E-state index contributed by atoms with van der Waals surface area (Å²) in [6.07, 6.45) is -3.12. The van der Waals surface area contributed by atoms with Gasteiger partial charge in [0.25, 0.3) is 0 Å². The highest BCUT2D eigenvalue weighted by Crippen LogP contribution is 2.37. The number of hydrogen-bond acceptors (Lipinski definition) is 3. The van der Waals surface area contributed by atoms with Crippen molar-refractivity contribution in [3.8, 4) is 0 Å². The lowest BCUT2D eigenvalue weighted by Crippen LogP contribution is -2.44. The van der Waals surface area contributed by atoms with Crippen LogP contribution in [0.15, 0.2) is 18.2 Å². The molecule has 5 nitrogen and oxygen atoms in total. The first-order valence-corrected chi connectivity index (χ1v) is 9.46. The minimum absolute atomic E-state index is 0.000351. The number of alkyl halides is 3. The summed E-state index contributed by atoms with van der Waals surface area (Å²) in [4.78, 5) is 25.7. The Balaban J connectivity index is 2.01. The summed E-state index contributed by atoms with van der Waals surface area (Å²) in [6.45, 7) is 4.58. The van der Waals surface area contributed by atoms with Crippen molar-refractivity contribution in [1.29, 1.82) is 0 Å². The van der Waals surface area contributed by atoms with Crippen LogP contribution in [0.4, 0.5) is 18.0 Å². The Morgan fingerprint density at radius 3 is 2.46 bits per heavy atom. The number of methoxy groups -OCH3 is 1. The minimum Gasteiger partial charge on any atom is -0.453 e. The van der Waals surface area contributed by atoms with Gasteiger partial charge in [0, 0.05) is 19.6 Å². The molecule has 0 saturated carbocycles. The third kappa shape index (κ3) is 5.17.